The molecule has 3 aromatic rings. The number of benzene rings is 2. The van der Waals surface area contributed by atoms with Crippen molar-refractivity contribution < 1.29 is 19.1 Å². The van der Waals surface area contributed by atoms with Crippen molar-refractivity contribution in [2.24, 2.45) is 0 Å². The predicted molar refractivity (Wildman–Crippen MR) is 107 cm³/mol. The lowest BCUT2D eigenvalue weighted by atomic mass is 10.0. The minimum absolute atomic E-state index is 0.0318. The summed E-state index contributed by atoms with van der Waals surface area (Å²) in [5, 5.41) is 1.79. The van der Waals surface area contributed by atoms with Gasteiger partial charge in [-0.3, -0.25) is 14.4 Å². The molecule has 0 amide bonds. The van der Waals surface area contributed by atoms with Gasteiger partial charge in [-0.05, 0) is 30.7 Å². The highest BCUT2D eigenvalue weighted by atomic mass is 32.1. The second-order valence-corrected chi connectivity index (χ2v) is 7.82. The number of thiophene rings is 1. The van der Waals surface area contributed by atoms with Gasteiger partial charge in [-0.1, -0.05) is 42.5 Å². The lowest BCUT2D eigenvalue weighted by molar-refractivity contribution is -0.142. The van der Waals surface area contributed by atoms with Crippen molar-refractivity contribution in [1.29, 1.82) is 0 Å². The van der Waals surface area contributed by atoms with Crippen molar-refractivity contribution in [2.45, 2.75) is 26.7 Å². The van der Waals surface area contributed by atoms with Crippen LogP contribution < -0.4 is 0 Å². The lowest BCUT2D eigenvalue weighted by Crippen LogP contribution is -2.15. The summed E-state index contributed by atoms with van der Waals surface area (Å²) in [5.41, 5.74) is 1.19. The second-order valence-electron chi connectivity index (χ2n) is 6.36. The van der Waals surface area contributed by atoms with Crippen LogP contribution in [0.4, 0.5) is 0 Å². The van der Waals surface area contributed by atoms with Gasteiger partial charge in [0, 0.05) is 27.3 Å². The maximum absolute atomic E-state index is 12.4. The van der Waals surface area contributed by atoms with Crippen LogP contribution in [0.25, 0.3) is 10.8 Å². The second kappa shape index (κ2) is 8.27. The molecule has 0 unspecified atom stereocenters. The summed E-state index contributed by atoms with van der Waals surface area (Å²) < 4.78 is 5.09. The first-order valence-corrected chi connectivity index (χ1v) is 9.54. The number of fused-ring (bicyclic) bond motifs is 1. The van der Waals surface area contributed by atoms with E-state index in [1.54, 1.807) is 23.5 Å². The van der Waals surface area contributed by atoms with Crippen LogP contribution in [0.1, 0.15) is 43.3 Å². The van der Waals surface area contributed by atoms with Crippen molar-refractivity contribution >= 4 is 39.6 Å². The van der Waals surface area contributed by atoms with E-state index in [9.17, 15) is 14.4 Å². The molecule has 4 nitrogen and oxygen atoms in total. The average Bonchev–Trinajstić information content (AvgIpc) is 3.01. The van der Waals surface area contributed by atoms with Crippen molar-refractivity contribution in [2.75, 3.05) is 6.61 Å². The topological polar surface area (TPSA) is 60.4 Å². The Kier molecular flexibility index (Phi) is 5.81. The van der Waals surface area contributed by atoms with E-state index in [0.29, 0.717) is 11.1 Å². The van der Waals surface area contributed by atoms with Crippen LogP contribution in [0, 0.1) is 13.8 Å². The van der Waals surface area contributed by atoms with Crippen LogP contribution in [-0.2, 0) is 9.53 Å². The molecule has 0 spiro atoms. The van der Waals surface area contributed by atoms with Crippen LogP contribution in [-0.4, -0.2) is 24.1 Å². The van der Waals surface area contributed by atoms with E-state index in [-0.39, 0.29) is 31.0 Å². The number of hydrogen-bond donors (Lipinski definition) is 0. The zero-order chi connectivity index (χ0) is 19.4. The van der Waals surface area contributed by atoms with Crippen molar-refractivity contribution in [1.82, 2.24) is 0 Å². The molecule has 0 saturated heterocycles. The number of carbonyl (C=O) groups excluding carboxylic acids is 3. The van der Waals surface area contributed by atoms with Gasteiger partial charge in [-0.2, -0.15) is 0 Å². The molecule has 0 aliphatic rings. The van der Waals surface area contributed by atoms with Crippen LogP contribution in [0.2, 0.25) is 0 Å². The largest absolute Gasteiger partial charge is 0.457 e. The van der Waals surface area contributed by atoms with E-state index in [4.69, 9.17) is 4.74 Å². The molecule has 27 heavy (non-hydrogen) atoms. The van der Waals surface area contributed by atoms with E-state index < -0.39 is 5.97 Å². The Balaban J connectivity index is 1.55. The summed E-state index contributed by atoms with van der Waals surface area (Å²) in [5.74, 6) is -0.869. The first-order chi connectivity index (χ1) is 13.0. The van der Waals surface area contributed by atoms with Crippen LogP contribution in [0.15, 0.2) is 48.5 Å². The third-order valence-electron chi connectivity index (χ3n) is 4.35. The molecule has 0 atom stereocenters. The fourth-order valence-electron chi connectivity index (χ4n) is 3.02. The number of rotatable bonds is 7. The fraction of sp³-hybridized carbons (Fsp3) is 0.227. The van der Waals surface area contributed by atoms with Gasteiger partial charge in [-0.15, -0.1) is 11.3 Å². The van der Waals surface area contributed by atoms with Crippen LogP contribution >= 0.6 is 11.3 Å². The molecule has 138 valence electrons. The van der Waals surface area contributed by atoms with Gasteiger partial charge in [-0.25, -0.2) is 0 Å². The highest BCUT2D eigenvalue weighted by Crippen LogP contribution is 2.22. The number of Topliss-reactive ketones (excluding diaryl/α,β-unsaturated/α-hetero) is 2. The summed E-state index contributed by atoms with van der Waals surface area (Å²) in [4.78, 5) is 38.6. The number of ether oxygens (including phenoxy) is 1. The summed E-state index contributed by atoms with van der Waals surface area (Å²) in [6, 6.07) is 14.9. The summed E-state index contributed by atoms with van der Waals surface area (Å²) in [7, 11) is 0. The normalized spacial score (nSPS) is 10.7. The van der Waals surface area contributed by atoms with Gasteiger partial charge < -0.3 is 4.74 Å². The molecule has 0 aliphatic heterocycles. The standard InChI is InChI=1S/C22H20O4S/c1-14-12-19(15(2)27-14)20(23)10-11-22(25)26-13-21(24)18-9-5-7-16-6-3-4-8-17(16)18/h3-9,12H,10-11,13H2,1-2H3. The Morgan fingerprint density at radius 3 is 2.37 bits per heavy atom. The molecule has 0 N–H and O–H groups in total. The van der Waals surface area contributed by atoms with E-state index in [0.717, 1.165) is 20.5 Å². The van der Waals surface area contributed by atoms with Gasteiger partial charge in [0.05, 0.1) is 6.42 Å². The highest BCUT2D eigenvalue weighted by Gasteiger charge is 2.16. The quantitative estimate of drug-likeness (QED) is 0.432. The number of hydrogen-bond acceptors (Lipinski definition) is 5. The number of carbonyl (C=O) groups is 3. The lowest BCUT2D eigenvalue weighted by Gasteiger charge is -2.07. The minimum atomic E-state index is -0.540. The number of esters is 1. The average molecular weight is 380 g/mol. The molecule has 5 heteroatoms. The summed E-state index contributed by atoms with van der Waals surface area (Å²) in [6.07, 6.45) is 0.0499. The molecular formula is C22H20O4S. The Bertz CT molecular complexity index is 1010. The first-order valence-electron chi connectivity index (χ1n) is 8.72. The van der Waals surface area contributed by atoms with E-state index >= 15 is 0 Å². The van der Waals surface area contributed by atoms with Crippen LogP contribution in [0.3, 0.4) is 0 Å². The molecule has 1 heterocycles. The van der Waals surface area contributed by atoms with E-state index in [1.165, 1.54) is 0 Å². The van der Waals surface area contributed by atoms with Gasteiger partial charge >= 0.3 is 5.97 Å². The van der Waals surface area contributed by atoms with Gasteiger partial charge in [0.1, 0.15) is 0 Å². The SMILES string of the molecule is Cc1cc(C(=O)CCC(=O)OCC(=O)c2cccc3ccccc23)c(C)s1. The highest BCUT2D eigenvalue weighted by molar-refractivity contribution is 7.12. The van der Waals surface area contributed by atoms with E-state index in [2.05, 4.69) is 0 Å². The summed E-state index contributed by atoms with van der Waals surface area (Å²) >= 11 is 1.56. The maximum Gasteiger partial charge on any atom is 0.306 e. The van der Waals surface area contributed by atoms with Gasteiger partial charge in [0.2, 0.25) is 5.78 Å². The van der Waals surface area contributed by atoms with Crippen molar-refractivity contribution in [3.8, 4) is 0 Å². The third kappa shape index (κ3) is 4.49. The molecular weight excluding hydrogens is 360 g/mol. The number of aryl methyl sites for hydroxylation is 2. The molecule has 0 radical (unpaired) electrons. The maximum atomic E-state index is 12.4. The molecule has 0 bridgehead atoms. The monoisotopic (exact) mass is 380 g/mol. The molecule has 0 saturated carbocycles. The van der Waals surface area contributed by atoms with Gasteiger partial charge in [0.15, 0.2) is 12.4 Å². The smallest absolute Gasteiger partial charge is 0.306 e. The summed E-state index contributed by atoms with van der Waals surface area (Å²) in [6.45, 7) is 3.52. The Morgan fingerprint density at radius 1 is 0.889 bits per heavy atom. The minimum Gasteiger partial charge on any atom is -0.457 e. The zero-order valence-electron chi connectivity index (χ0n) is 15.3. The Hall–Kier alpha value is -2.79. The molecule has 2 aromatic carbocycles. The van der Waals surface area contributed by atoms with Gasteiger partial charge in [0.25, 0.3) is 0 Å². The number of ketones is 2. The van der Waals surface area contributed by atoms with E-state index in [1.807, 2.05) is 50.2 Å². The van der Waals surface area contributed by atoms with Crippen molar-refractivity contribution in [3.05, 3.63) is 69.4 Å². The Morgan fingerprint density at radius 2 is 1.63 bits per heavy atom. The first kappa shape index (κ1) is 19.0. The molecule has 1 aromatic heterocycles. The predicted octanol–water partition coefficient (Wildman–Crippen LogP) is 4.91. The molecule has 3 rings (SSSR count). The zero-order valence-corrected chi connectivity index (χ0v) is 16.1. The van der Waals surface area contributed by atoms with Crippen LogP contribution in [0.5, 0.6) is 0 Å². The van der Waals surface area contributed by atoms with Crippen molar-refractivity contribution in [3.63, 3.8) is 0 Å². The molecule has 0 fully saturated rings. The third-order valence-corrected chi connectivity index (χ3v) is 5.32. The fourth-order valence-corrected chi connectivity index (χ4v) is 3.96. The molecule has 0 aliphatic carbocycles. The Labute approximate surface area is 161 Å².